The molecule has 0 atom stereocenters. The molecule has 1 rings (SSSR count). The van der Waals surface area contributed by atoms with Gasteiger partial charge in [0.15, 0.2) is 5.90 Å². The van der Waals surface area contributed by atoms with E-state index in [1.807, 2.05) is 0 Å². The number of carbonyl (C=O) groups is 1. The van der Waals surface area contributed by atoms with Crippen LogP contribution in [0.5, 0.6) is 0 Å². The third kappa shape index (κ3) is 3.76. The molecule has 2 N–H and O–H groups in total. The number of nitrogens with zero attached hydrogens (tertiary/aromatic N) is 1. The normalized spacial score (nSPS) is 9.40. The Labute approximate surface area is 88.0 Å². The van der Waals surface area contributed by atoms with Crippen molar-refractivity contribution in [2.75, 3.05) is 13.2 Å². The zero-order valence-corrected chi connectivity index (χ0v) is 8.49. The molecular weight excluding hydrogens is 194 g/mol. The highest BCUT2D eigenvalue weighted by atomic mass is 16.5. The molecule has 1 heterocycles. The second-order valence-corrected chi connectivity index (χ2v) is 2.78. The van der Waals surface area contributed by atoms with E-state index in [-0.39, 0.29) is 18.3 Å². The summed E-state index contributed by atoms with van der Waals surface area (Å²) in [4.78, 5) is 15.3. The minimum Gasteiger partial charge on any atom is -0.480 e. The lowest BCUT2D eigenvalue weighted by Gasteiger charge is -2.06. The SMILES string of the molecule is CCOC(=N)CNC(=O)c1cccnc1. The van der Waals surface area contributed by atoms with Gasteiger partial charge in [-0.05, 0) is 19.1 Å². The third-order valence-electron chi connectivity index (χ3n) is 1.65. The predicted molar refractivity (Wildman–Crippen MR) is 55.9 cm³/mol. The molecule has 1 aromatic rings. The molecule has 0 aromatic carbocycles. The average Bonchev–Trinajstić information content (AvgIpc) is 2.27. The first-order valence-corrected chi connectivity index (χ1v) is 4.62. The summed E-state index contributed by atoms with van der Waals surface area (Å²) in [6.07, 6.45) is 3.07. The van der Waals surface area contributed by atoms with Gasteiger partial charge in [-0.25, -0.2) is 0 Å². The molecule has 0 aliphatic rings. The van der Waals surface area contributed by atoms with E-state index in [0.717, 1.165) is 0 Å². The maximum Gasteiger partial charge on any atom is 0.253 e. The minimum atomic E-state index is -0.257. The van der Waals surface area contributed by atoms with E-state index in [9.17, 15) is 4.79 Å². The van der Waals surface area contributed by atoms with Gasteiger partial charge in [0, 0.05) is 12.4 Å². The summed E-state index contributed by atoms with van der Waals surface area (Å²) in [5.41, 5.74) is 0.474. The zero-order valence-electron chi connectivity index (χ0n) is 8.49. The summed E-state index contributed by atoms with van der Waals surface area (Å²) >= 11 is 0. The molecule has 0 unspecified atom stereocenters. The molecule has 1 amide bonds. The maximum atomic E-state index is 11.5. The second kappa shape index (κ2) is 5.74. The molecule has 0 fully saturated rings. The largest absolute Gasteiger partial charge is 0.480 e. The number of rotatable bonds is 4. The molecule has 1 aromatic heterocycles. The maximum absolute atomic E-state index is 11.5. The molecule has 15 heavy (non-hydrogen) atoms. The van der Waals surface area contributed by atoms with Crippen molar-refractivity contribution in [2.24, 2.45) is 0 Å². The molecule has 0 aliphatic heterocycles. The van der Waals surface area contributed by atoms with Crippen LogP contribution in [0.15, 0.2) is 24.5 Å². The molecule has 5 heteroatoms. The Hall–Kier alpha value is -1.91. The fraction of sp³-hybridized carbons (Fsp3) is 0.300. The van der Waals surface area contributed by atoms with Crippen molar-refractivity contribution in [1.82, 2.24) is 10.3 Å². The smallest absolute Gasteiger partial charge is 0.253 e. The minimum absolute atomic E-state index is 0.0507. The highest BCUT2D eigenvalue weighted by molar-refractivity contribution is 5.95. The fourth-order valence-corrected chi connectivity index (χ4v) is 0.985. The molecular formula is C10H13N3O2. The number of hydrogen-bond acceptors (Lipinski definition) is 4. The lowest BCUT2D eigenvalue weighted by molar-refractivity contribution is 0.0956. The van der Waals surface area contributed by atoms with E-state index < -0.39 is 0 Å². The van der Waals surface area contributed by atoms with Crippen LogP contribution in [-0.4, -0.2) is 29.9 Å². The number of hydrogen-bond donors (Lipinski definition) is 2. The topological polar surface area (TPSA) is 75.1 Å². The average molecular weight is 207 g/mol. The van der Waals surface area contributed by atoms with Crippen molar-refractivity contribution in [3.05, 3.63) is 30.1 Å². The number of amides is 1. The molecule has 80 valence electrons. The number of carbonyl (C=O) groups excluding carboxylic acids is 1. The Morgan fingerprint density at radius 2 is 2.47 bits per heavy atom. The van der Waals surface area contributed by atoms with Crippen LogP contribution in [0.1, 0.15) is 17.3 Å². The van der Waals surface area contributed by atoms with Gasteiger partial charge in [0.1, 0.15) is 0 Å². The molecule has 0 radical (unpaired) electrons. The monoisotopic (exact) mass is 207 g/mol. The van der Waals surface area contributed by atoms with Crippen molar-refractivity contribution in [3.8, 4) is 0 Å². The quantitative estimate of drug-likeness (QED) is 0.567. The fourth-order valence-electron chi connectivity index (χ4n) is 0.985. The highest BCUT2D eigenvalue weighted by Crippen LogP contribution is 1.94. The number of nitrogens with one attached hydrogen (secondary N) is 2. The molecule has 0 saturated carbocycles. The Kier molecular flexibility index (Phi) is 4.28. The Bertz CT molecular complexity index is 338. The van der Waals surface area contributed by atoms with Gasteiger partial charge in [-0.15, -0.1) is 0 Å². The summed E-state index contributed by atoms with van der Waals surface area (Å²) in [5, 5.41) is 9.85. The number of aromatic nitrogens is 1. The van der Waals surface area contributed by atoms with E-state index in [4.69, 9.17) is 10.1 Å². The van der Waals surface area contributed by atoms with Crippen LogP contribution in [-0.2, 0) is 4.74 Å². The lowest BCUT2D eigenvalue weighted by Crippen LogP contribution is -2.30. The molecule has 0 bridgehead atoms. The van der Waals surface area contributed by atoms with Gasteiger partial charge in [0.2, 0.25) is 0 Å². The predicted octanol–water partition coefficient (Wildman–Crippen LogP) is 0.825. The van der Waals surface area contributed by atoms with Crippen LogP contribution in [0.25, 0.3) is 0 Å². The standard InChI is InChI=1S/C10H13N3O2/c1-2-15-9(11)7-13-10(14)8-4-3-5-12-6-8/h3-6,11H,2,7H2,1H3,(H,13,14). The van der Waals surface area contributed by atoms with Crippen molar-refractivity contribution in [1.29, 1.82) is 5.41 Å². The van der Waals surface area contributed by atoms with Crippen LogP contribution in [0.4, 0.5) is 0 Å². The molecule has 0 spiro atoms. The van der Waals surface area contributed by atoms with Crippen molar-refractivity contribution >= 4 is 11.8 Å². The Morgan fingerprint density at radius 1 is 1.67 bits per heavy atom. The van der Waals surface area contributed by atoms with Gasteiger partial charge < -0.3 is 10.1 Å². The van der Waals surface area contributed by atoms with Gasteiger partial charge in [0.25, 0.3) is 5.91 Å². The van der Waals surface area contributed by atoms with Crippen LogP contribution in [0, 0.1) is 5.41 Å². The Morgan fingerprint density at radius 3 is 3.07 bits per heavy atom. The molecule has 0 saturated heterocycles. The van der Waals surface area contributed by atoms with E-state index in [1.54, 1.807) is 25.3 Å². The van der Waals surface area contributed by atoms with Crippen LogP contribution < -0.4 is 5.32 Å². The van der Waals surface area contributed by atoms with E-state index in [0.29, 0.717) is 12.2 Å². The van der Waals surface area contributed by atoms with Gasteiger partial charge in [-0.3, -0.25) is 15.2 Å². The summed E-state index contributed by atoms with van der Waals surface area (Å²) < 4.78 is 4.88. The number of ether oxygens (including phenoxy) is 1. The summed E-state index contributed by atoms with van der Waals surface area (Å²) in [7, 11) is 0. The highest BCUT2D eigenvalue weighted by Gasteiger charge is 2.05. The lowest BCUT2D eigenvalue weighted by atomic mass is 10.3. The van der Waals surface area contributed by atoms with E-state index in [1.165, 1.54) is 6.20 Å². The van der Waals surface area contributed by atoms with Gasteiger partial charge in [-0.2, -0.15) is 0 Å². The van der Waals surface area contributed by atoms with E-state index >= 15 is 0 Å². The van der Waals surface area contributed by atoms with E-state index in [2.05, 4.69) is 10.3 Å². The number of pyridine rings is 1. The van der Waals surface area contributed by atoms with Crippen molar-refractivity contribution in [3.63, 3.8) is 0 Å². The summed E-state index contributed by atoms with van der Waals surface area (Å²) in [5.74, 6) is -0.206. The van der Waals surface area contributed by atoms with Crippen LogP contribution in [0.2, 0.25) is 0 Å². The third-order valence-corrected chi connectivity index (χ3v) is 1.65. The van der Waals surface area contributed by atoms with Gasteiger partial charge in [0.05, 0.1) is 18.7 Å². The molecule has 0 aliphatic carbocycles. The van der Waals surface area contributed by atoms with Crippen molar-refractivity contribution < 1.29 is 9.53 Å². The second-order valence-electron chi connectivity index (χ2n) is 2.78. The van der Waals surface area contributed by atoms with Crippen LogP contribution in [0.3, 0.4) is 0 Å². The van der Waals surface area contributed by atoms with Gasteiger partial charge >= 0.3 is 0 Å². The first-order chi connectivity index (χ1) is 7.24. The zero-order chi connectivity index (χ0) is 11.1. The molecule has 5 nitrogen and oxygen atoms in total. The first kappa shape index (κ1) is 11.2. The summed E-state index contributed by atoms with van der Waals surface area (Å²) in [6, 6.07) is 3.34. The first-order valence-electron chi connectivity index (χ1n) is 4.62. The van der Waals surface area contributed by atoms with Gasteiger partial charge in [-0.1, -0.05) is 0 Å². The van der Waals surface area contributed by atoms with Crippen LogP contribution >= 0.6 is 0 Å². The van der Waals surface area contributed by atoms with Crippen molar-refractivity contribution in [2.45, 2.75) is 6.92 Å². The Balaban J connectivity index is 2.40. The summed E-state index contributed by atoms with van der Waals surface area (Å²) in [6.45, 7) is 2.32.